The number of sulfonamides is 1. The van der Waals surface area contributed by atoms with Gasteiger partial charge in [0.2, 0.25) is 0 Å². The van der Waals surface area contributed by atoms with Gasteiger partial charge in [0.1, 0.15) is 0 Å². The Morgan fingerprint density at radius 2 is 1.72 bits per heavy atom. The summed E-state index contributed by atoms with van der Waals surface area (Å²) in [4.78, 5) is 15.4. The molecule has 3 aromatic carbocycles. The van der Waals surface area contributed by atoms with Crippen LogP contribution in [0.2, 0.25) is 5.02 Å². The SMILES string of the molecule is C[C@H]1Cc2cc(Br)ccc2N1C(=O)c1ccc2c(c1)CCN2S(=O)(=O)c1ccc(Cl)cc1. The van der Waals surface area contributed by atoms with E-state index < -0.39 is 10.0 Å². The fourth-order valence-corrected chi connectivity index (χ4v) is 6.57. The number of amides is 1. The maximum absolute atomic E-state index is 13.4. The summed E-state index contributed by atoms with van der Waals surface area (Å²) < 4.78 is 28.7. The second-order valence-electron chi connectivity index (χ2n) is 8.13. The van der Waals surface area contributed by atoms with Gasteiger partial charge >= 0.3 is 0 Å². The minimum Gasteiger partial charge on any atom is -0.305 e. The number of hydrogen-bond donors (Lipinski definition) is 0. The molecule has 5 rings (SSSR count). The van der Waals surface area contributed by atoms with Crippen molar-refractivity contribution in [2.75, 3.05) is 15.7 Å². The van der Waals surface area contributed by atoms with E-state index in [2.05, 4.69) is 22.0 Å². The summed E-state index contributed by atoms with van der Waals surface area (Å²) >= 11 is 9.40. The Bertz CT molecular complexity index is 1340. The molecule has 0 aromatic heterocycles. The first-order valence-corrected chi connectivity index (χ1v) is 12.9. The van der Waals surface area contributed by atoms with Gasteiger partial charge < -0.3 is 4.90 Å². The average molecular weight is 532 g/mol. The quantitative estimate of drug-likeness (QED) is 0.452. The van der Waals surface area contributed by atoms with Gasteiger partial charge in [-0.1, -0.05) is 27.5 Å². The number of carbonyl (C=O) groups excluding carboxylic acids is 1. The first-order chi connectivity index (χ1) is 15.3. The van der Waals surface area contributed by atoms with Gasteiger partial charge in [-0.25, -0.2) is 8.42 Å². The smallest absolute Gasteiger partial charge is 0.264 e. The van der Waals surface area contributed by atoms with Crippen LogP contribution in [0.1, 0.15) is 28.4 Å². The molecule has 0 saturated carbocycles. The lowest BCUT2D eigenvalue weighted by Gasteiger charge is -2.23. The maximum atomic E-state index is 13.4. The lowest BCUT2D eigenvalue weighted by Crippen LogP contribution is -2.35. The van der Waals surface area contributed by atoms with Crippen molar-refractivity contribution in [3.8, 4) is 0 Å². The van der Waals surface area contributed by atoms with E-state index in [0.29, 0.717) is 29.2 Å². The van der Waals surface area contributed by atoms with E-state index in [0.717, 1.165) is 27.7 Å². The predicted octanol–water partition coefficient (Wildman–Crippen LogP) is 5.45. The topological polar surface area (TPSA) is 57.7 Å². The second-order valence-corrected chi connectivity index (χ2v) is 11.3. The molecule has 1 atom stereocenters. The molecule has 2 aliphatic heterocycles. The summed E-state index contributed by atoms with van der Waals surface area (Å²) in [6, 6.07) is 17.5. The largest absolute Gasteiger partial charge is 0.305 e. The first-order valence-electron chi connectivity index (χ1n) is 10.3. The van der Waals surface area contributed by atoms with Gasteiger partial charge in [0, 0.05) is 33.3 Å². The van der Waals surface area contributed by atoms with Crippen molar-refractivity contribution in [1.29, 1.82) is 0 Å². The van der Waals surface area contributed by atoms with Crippen molar-refractivity contribution in [1.82, 2.24) is 0 Å². The summed E-state index contributed by atoms with van der Waals surface area (Å²) in [5.74, 6) is -0.0691. The van der Waals surface area contributed by atoms with Crippen LogP contribution in [0.5, 0.6) is 0 Å². The molecule has 8 heteroatoms. The second kappa shape index (κ2) is 7.90. The van der Waals surface area contributed by atoms with Crippen molar-refractivity contribution in [3.05, 3.63) is 86.8 Å². The minimum atomic E-state index is -3.70. The summed E-state index contributed by atoms with van der Waals surface area (Å²) in [5.41, 5.74) is 4.11. The number of benzene rings is 3. The molecule has 0 fully saturated rings. The van der Waals surface area contributed by atoms with Gasteiger partial charge in [0.05, 0.1) is 10.6 Å². The Hall–Kier alpha value is -2.35. The number of nitrogens with zero attached hydrogens (tertiary/aromatic N) is 2. The molecule has 0 bridgehead atoms. The standard InChI is InChI=1S/C24H20BrClN2O3S/c1-15-12-18-14-19(25)3-9-23(18)28(15)24(29)17-2-8-22-16(13-17)10-11-27(22)32(30,31)21-6-4-20(26)5-7-21/h2-9,13-15H,10-12H2,1H3/t15-/m0/s1. The molecule has 0 N–H and O–H groups in total. The monoisotopic (exact) mass is 530 g/mol. The third kappa shape index (κ3) is 3.52. The Balaban J connectivity index is 1.46. The van der Waals surface area contributed by atoms with E-state index >= 15 is 0 Å². The predicted molar refractivity (Wildman–Crippen MR) is 130 cm³/mol. The first kappa shape index (κ1) is 21.5. The van der Waals surface area contributed by atoms with Gasteiger partial charge in [0.15, 0.2) is 0 Å². The number of carbonyl (C=O) groups is 1. The van der Waals surface area contributed by atoms with E-state index in [1.54, 1.807) is 24.3 Å². The lowest BCUT2D eigenvalue weighted by molar-refractivity contribution is 0.0981. The summed E-state index contributed by atoms with van der Waals surface area (Å²) in [6.45, 7) is 2.38. The number of rotatable bonds is 3. The van der Waals surface area contributed by atoms with E-state index in [1.165, 1.54) is 16.4 Å². The van der Waals surface area contributed by atoms with Crippen LogP contribution in [0.3, 0.4) is 0 Å². The number of anilines is 2. The Kier molecular flexibility index (Phi) is 5.31. The molecule has 0 spiro atoms. The van der Waals surface area contributed by atoms with Crippen LogP contribution in [0.25, 0.3) is 0 Å². The summed E-state index contributed by atoms with van der Waals surface area (Å²) in [7, 11) is -3.70. The molecule has 2 heterocycles. The summed E-state index contributed by atoms with van der Waals surface area (Å²) in [6.07, 6.45) is 1.36. The van der Waals surface area contributed by atoms with Crippen LogP contribution in [0, 0.1) is 0 Å². The van der Waals surface area contributed by atoms with Crippen molar-refractivity contribution in [2.45, 2.75) is 30.7 Å². The molecular weight excluding hydrogens is 512 g/mol. The molecule has 0 radical (unpaired) electrons. The Morgan fingerprint density at radius 1 is 1.00 bits per heavy atom. The van der Waals surface area contributed by atoms with E-state index in [-0.39, 0.29) is 16.8 Å². The van der Waals surface area contributed by atoms with E-state index in [4.69, 9.17) is 11.6 Å². The van der Waals surface area contributed by atoms with Gasteiger partial charge in [-0.2, -0.15) is 0 Å². The van der Waals surface area contributed by atoms with Gasteiger partial charge in [-0.05, 0) is 91.6 Å². The van der Waals surface area contributed by atoms with Crippen LogP contribution in [-0.4, -0.2) is 26.9 Å². The van der Waals surface area contributed by atoms with Crippen LogP contribution in [-0.2, 0) is 22.9 Å². The molecule has 2 aliphatic rings. The van der Waals surface area contributed by atoms with E-state index in [9.17, 15) is 13.2 Å². The van der Waals surface area contributed by atoms with Gasteiger partial charge in [0.25, 0.3) is 15.9 Å². The molecule has 3 aromatic rings. The highest BCUT2D eigenvalue weighted by Gasteiger charge is 2.34. The molecule has 0 aliphatic carbocycles. The number of hydrogen-bond acceptors (Lipinski definition) is 3. The highest BCUT2D eigenvalue weighted by molar-refractivity contribution is 9.10. The number of fused-ring (bicyclic) bond motifs is 2. The summed E-state index contributed by atoms with van der Waals surface area (Å²) in [5, 5.41) is 0.485. The van der Waals surface area contributed by atoms with Crippen LogP contribution in [0.4, 0.5) is 11.4 Å². The zero-order chi connectivity index (χ0) is 22.6. The Labute approximate surface area is 200 Å². The number of halogens is 2. The fraction of sp³-hybridized carbons (Fsp3) is 0.208. The van der Waals surface area contributed by atoms with Crippen molar-refractivity contribution < 1.29 is 13.2 Å². The maximum Gasteiger partial charge on any atom is 0.264 e. The van der Waals surface area contributed by atoms with Crippen LogP contribution >= 0.6 is 27.5 Å². The lowest BCUT2D eigenvalue weighted by atomic mass is 10.1. The van der Waals surface area contributed by atoms with Gasteiger partial charge in [-0.3, -0.25) is 9.10 Å². The van der Waals surface area contributed by atoms with Crippen molar-refractivity contribution in [3.63, 3.8) is 0 Å². The van der Waals surface area contributed by atoms with Crippen LogP contribution in [0.15, 0.2) is 70.0 Å². The fourth-order valence-electron chi connectivity index (χ4n) is 4.54. The molecule has 1 amide bonds. The molecule has 32 heavy (non-hydrogen) atoms. The van der Waals surface area contributed by atoms with Gasteiger partial charge in [-0.15, -0.1) is 0 Å². The zero-order valence-electron chi connectivity index (χ0n) is 17.3. The molecule has 164 valence electrons. The zero-order valence-corrected chi connectivity index (χ0v) is 20.4. The normalized spacial score (nSPS) is 17.4. The molecule has 0 saturated heterocycles. The average Bonchev–Trinajstić information content (AvgIpc) is 3.33. The molecule has 0 unspecified atom stereocenters. The third-order valence-electron chi connectivity index (χ3n) is 6.06. The molecule has 5 nitrogen and oxygen atoms in total. The highest BCUT2D eigenvalue weighted by Crippen LogP contribution is 2.37. The van der Waals surface area contributed by atoms with Crippen molar-refractivity contribution in [2.24, 2.45) is 0 Å². The van der Waals surface area contributed by atoms with Crippen LogP contribution < -0.4 is 9.21 Å². The third-order valence-corrected chi connectivity index (χ3v) is 8.63. The minimum absolute atomic E-state index is 0.0573. The Morgan fingerprint density at radius 3 is 2.47 bits per heavy atom. The highest BCUT2D eigenvalue weighted by atomic mass is 79.9. The van der Waals surface area contributed by atoms with E-state index in [1.807, 2.05) is 30.0 Å². The molecular formula is C24H20BrClN2O3S. The van der Waals surface area contributed by atoms with Crippen molar-refractivity contribution >= 4 is 54.8 Å².